The SMILES string of the molecule is CCCCNC(=O)C(OC(C)=O)[C@H]1CNC(=O)[C@@H]1c1ccccc1. The third-order valence-electron chi connectivity index (χ3n) is 4.15. The lowest BCUT2D eigenvalue weighted by atomic mass is 9.84. The van der Waals surface area contributed by atoms with E-state index in [1.54, 1.807) is 0 Å². The van der Waals surface area contributed by atoms with Crippen LogP contribution in [0, 0.1) is 5.92 Å². The second-order valence-corrected chi connectivity index (χ2v) is 5.97. The molecule has 0 saturated carbocycles. The van der Waals surface area contributed by atoms with Gasteiger partial charge in [-0.3, -0.25) is 14.4 Å². The van der Waals surface area contributed by atoms with Crippen molar-refractivity contribution >= 4 is 17.8 Å². The number of ether oxygens (including phenoxy) is 1. The standard InChI is InChI=1S/C18H24N2O4/c1-3-4-10-19-18(23)16(24-12(2)21)14-11-20-17(22)15(14)13-8-6-5-7-9-13/h5-9,14-16H,3-4,10-11H2,1-2H3,(H,19,23)(H,20,22)/t14-,15+,16?/m0/s1. The molecule has 24 heavy (non-hydrogen) atoms. The molecule has 6 heteroatoms. The van der Waals surface area contributed by atoms with Crippen LogP contribution >= 0.6 is 0 Å². The van der Waals surface area contributed by atoms with E-state index in [9.17, 15) is 14.4 Å². The third kappa shape index (κ3) is 4.34. The number of rotatable bonds is 7. The Morgan fingerprint density at radius 1 is 1.33 bits per heavy atom. The van der Waals surface area contributed by atoms with Gasteiger partial charge in [0.25, 0.3) is 5.91 Å². The van der Waals surface area contributed by atoms with E-state index < -0.39 is 23.9 Å². The van der Waals surface area contributed by atoms with E-state index in [1.807, 2.05) is 37.3 Å². The number of hydrogen-bond acceptors (Lipinski definition) is 4. The predicted octanol–water partition coefficient (Wildman–Crippen LogP) is 1.36. The first-order valence-electron chi connectivity index (χ1n) is 8.32. The molecule has 1 saturated heterocycles. The molecule has 0 bridgehead atoms. The van der Waals surface area contributed by atoms with Crippen LogP contribution in [-0.2, 0) is 19.1 Å². The minimum absolute atomic E-state index is 0.148. The molecular formula is C18H24N2O4. The van der Waals surface area contributed by atoms with Crippen molar-refractivity contribution in [3.8, 4) is 0 Å². The van der Waals surface area contributed by atoms with Crippen molar-refractivity contribution in [3.63, 3.8) is 0 Å². The van der Waals surface area contributed by atoms with Crippen LogP contribution in [0.3, 0.4) is 0 Å². The molecule has 1 heterocycles. The van der Waals surface area contributed by atoms with E-state index >= 15 is 0 Å². The van der Waals surface area contributed by atoms with E-state index in [-0.39, 0.29) is 11.8 Å². The maximum absolute atomic E-state index is 12.5. The van der Waals surface area contributed by atoms with E-state index in [1.165, 1.54) is 6.92 Å². The molecule has 1 aliphatic heterocycles. The molecule has 1 aromatic carbocycles. The number of carbonyl (C=O) groups is 3. The summed E-state index contributed by atoms with van der Waals surface area (Å²) in [7, 11) is 0. The minimum atomic E-state index is -0.983. The Morgan fingerprint density at radius 2 is 2.04 bits per heavy atom. The van der Waals surface area contributed by atoms with Crippen LogP contribution in [-0.4, -0.2) is 37.0 Å². The second-order valence-electron chi connectivity index (χ2n) is 5.97. The van der Waals surface area contributed by atoms with Crippen LogP contribution in [0.15, 0.2) is 30.3 Å². The van der Waals surface area contributed by atoms with Gasteiger partial charge >= 0.3 is 5.97 Å². The number of nitrogens with one attached hydrogen (secondary N) is 2. The fourth-order valence-electron chi connectivity index (χ4n) is 2.98. The van der Waals surface area contributed by atoms with Crippen molar-refractivity contribution in [2.75, 3.05) is 13.1 Å². The molecule has 6 nitrogen and oxygen atoms in total. The van der Waals surface area contributed by atoms with Crippen molar-refractivity contribution in [2.45, 2.75) is 38.7 Å². The van der Waals surface area contributed by atoms with Gasteiger partial charge in [0.15, 0.2) is 6.10 Å². The third-order valence-corrected chi connectivity index (χ3v) is 4.15. The quantitative estimate of drug-likeness (QED) is 0.583. The Labute approximate surface area is 142 Å². The largest absolute Gasteiger partial charge is 0.452 e. The van der Waals surface area contributed by atoms with Crippen molar-refractivity contribution < 1.29 is 19.1 Å². The minimum Gasteiger partial charge on any atom is -0.452 e. The molecule has 1 unspecified atom stereocenters. The zero-order chi connectivity index (χ0) is 17.5. The normalized spacial score (nSPS) is 21.0. The summed E-state index contributed by atoms with van der Waals surface area (Å²) in [6.45, 7) is 4.13. The average molecular weight is 332 g/mol. The number of amides is 2. The molecule has 2 rings (SSSR count). The van der Waals surface area contributed by atoms with Crippen molar-refractivity contribution in [3.05, 3.63) is 35.9 Å². The van der Waals surface area contributed by atoms with Gasteiger partial charge in [0.1, 0.15) is 0 Å². The van der Waals surface area contributed by atoms with Gasteiger partial charge in [0, 0.05) is 25.9 Å². The first-order chi connectivity index (χ1) is 11.5. The van der Waals surface area contributed by atoms with Crippen LogP contribution in [0.25, 0.3) is 0 Å². The summed E-state index contributed by atoms with van der Waals surface area (Å²) in [5.41, 5.74) is 0.816. The molecule has 1 aromatic rings. The maximum atomic E-state index is 12.5. The molecule has 1 fully saturated rings. The zero-order valence-electron chi connectivity index (χ0n) is 14.1. The van der Waals surface area contributed by atoms with Crippen LogP contribution in [0.2, 0.25) is 0 Å². The highest BCUT2D eigenvalue weighted by atomic mass is 16.5. The van der Waals surface area contributed by atoms with E-state index in [4.69, 9.17) is 4.74 Å². The Kier molecular flexibility index (Phi) is 6.35. The number of hydrogen-bond donors (Lipinski definition) is 2. The summed E-state index contributed by atoms with van der Waals surface area (Å²) >= 11 is 0. The Hall–Kier alpha value is -2.37. The molecule has 3 atom stereocenters. The highest BCUT2D eigenvalue weighted by Crippen LogP contribution is 2.32. The highest BCUT2D eigenvalue weighted by molar-refractivity contribution is 5.90. The van der Waals surface area contributed by atoms with Crippen molar-refractivity contribution in [1.82, 2.24) is 10.6 Å². The van der Waals surface area contributed by atoms with E-state index in [0.29, 0.717) is 13.1 Å². The van der Waals surface area contributed by atoms with Crippen molar-refractivity contribution in [1.29, 1.82) is 0 Å². The molecular weight excluding hydrogens is 308 g/mol. The summed E-state index contributed by atoms with van der Waals surface area (Å²) in [5.74, 6) is -1.96. The Morgan fingerprint density at radius 3 is 2.67 bits per heavy atom. The molecule has 0 aliphatic carbocycles. The van der Waals surface area contributed by atoms with Crippen LogP contribution in [0.1, 0.15) is 38.2 Å². The topological polar surface area (TPSA) is 84.5 Å². The van der Waals surface area contributed by atoms with Crippen molar-refractivity contribution in [2.24, 2.45) is 5.92 Å². The fourth-order valence-corrected chi connectivity index (χ4v) is 2.98. The van der Waals surface area contributed by atoms with Crippen LogP contribution in [0.4, 0.5) is 0 Å². The van der Waals surface area contributed by atoms with Gasteiger partial charge < -0.3 is 15.4 Å². The highest BCUT2D eigenvalue weighted by Gasteiger charge is 2.44. The lowest BCUT2D eigenvalue weighted by Crippen LogP contribution is -2.44. The molecule has 0 spiro atoms. The lowest BCUT2D eigenvalue weighted by molar-refractivity contribution is -0.157. The van der Waals surface area contributed by atoms with Gasteiger partial charge in [0.2, 0.25) is 5.91 Å². The maximum Gasteiger partial charge on any atom is 0.303 e. The van der Waals surface area contributed by atoms with Gasteiger partial charge in [0.05, 0.1) is 5.92 Å². The van der Waals surface area contributed by atoms with Crippen LogP contribution < -0.4 is 10.6 Å². The molecule has 0 aromatic heterocycles. The summed E-state index contributed by atoms with van der Waals surface area (Å²) < 4.78 is 5.28. The van der Waals surface area contributed by atoms with Gasteiger partial charge in [-0.05, 0) is 12.0 Å². The number of benzene rings is 1. The van der Waals surface area contributed by atoms with Gasteiger partial charge in [-0.2, -0.15) is 0 Å². The smallest absolute Gasteiger partial charge is 0.303 e. The first-order valence-corrected chi connectivity index (χ1v) is 8.32. The zero-order valence-corrected chi connectivity index (χ0v) is 14.1. The summed E-state index contributed by atoms with van der Waals surface area (Å²) in [6, 6.07) is 9.26. The monoisotopic (exact) mass is 332 g/mol. The Balaban J connectivity index is 2.21. The average Bonchev–Trinajstić information content (AvgIpc) is 2.94. The van der Waals surface area contributed by atoms with Gasteiger partial charge in [-0.15, -0.1) is 0 Å². The number of unbranched alkanes of at least 4 members (excludes halogenated alkanes) is 1. The molecule has 2 N–H and O–H groups in total. The van der Waals surface area contributed by atoms with E-state index in [2.05, 4.69) is 10.6 Å². The summed E-state index contributed by atoms with van der Waals surface area (Å²) in [6.07, 6.45) is 0.820. The van der Waals surface area contributed by atoms with Gasteiger partial charge in [-0.1, -0.05) is 43.7 Å². The molecule has 1 aliphatic rings. The second kappa shape index (κ2) is 8.47. The molecule has 0 radical (unpaired) electrons. The fraction of sp³-hybridized carbons (Fsp3) is 0.500. The van der Waals surface area contributed by atoms with Gasteiger partial charge in [-0.25, -0.2) is 0 Å². The first kappa shape index (κ1) is 18.0. The number of carbonyl (C=O) groups excluding carboxylic acids is 3. The number of esters is 1. The molecule has 130 valence electrons. The van der Waals surface area contributed by atoms with E-state index in [0.717, 1.165) is 18.4 Å². The molecule has 2 amide bonds. The predicted molar refractivity (Wildman–Crippen MR) is 89.2 cm³/mol. The summed E-state index contributed by atoms with van der Waals surface area (Å²) in [5, 5.41) is 5.58. The Bertz CT molecular complexity index is 588. The lowest BCUT2D eigenvalue weighted by Gasteiger charge is -2.25. The summed E-state index contributed by atoms with van der Waals surface area (Å²) in [4.78, 5) is 36.2. The van der Waals surface area contributed by atoms with Crippen LogP contribution in [0.5, 0.6) is 0 Å².